The van der Waals surface area contributed by atoms with Gasteiger partial charge < -0.3 is 9.80 Å². The minimum atomic E-state index is -0.296. The Kier molecular flexibility index (Phi) is 5.94. The van der Waals surface area contributed by atoms with Gasteiger partial charge in [-0.15, -0.1) is 0 Å². The number of anilines is 2. The molecule has 1 heterocycles. The summed E-state index contributed by atoms with van der Waals surface area (Å²) in [4.78, 5) is 29.5. The number of para-hydroxylation sites is 1. The average Bonchev–Trinajstić information content (AvgIpc) is 3.04. The Morgan fingerprint density at radius 1 is 1.11 bits per heavy atom. The van der Waals surface area contributed by atoms with Crippen LogP contribution in [0.25, 0.3) is 0 Å². The maximum atomic E-state index is 13.3. The molecule has 1 aliphatic heterocycles. The Morgan fingerprint density at radius 2 is 1.78 bits per heavy atom. The highest BCUT2D eigenvalue weighted by molar-refractivity contribution is 6.04. The molecule has 4 heteroatoms. The summed E-state index contributed by atoms with van der Waals surface area (Å²) in [6.45, 7) is 7.32. The van der Waals surface area contributed by atoms with Crippen LogP contribution in [-0.2, 0) is 9.59 Å². The number of carbonyl (C=O) groups excluding carboxylic acids is 2. The highest BCUT2D eigenvalue weighted by atomic mass is 16.2. The largest absolute Gasteiger partial charge is 0.312 e. The van der Waals surface area contributed by atoms with Crippen molar-refractivity contribution in [2.75, 3.05) is 22.9 Å². The predicted molar refractivity (Wildman–Crippen MR) is 110 cm³/mol. The van der Waals surface area contributed by atoms with Crippen molar-refractivity contribution in [3.63, 3.8) is 0 Å². The Bertz CT molecular complexity index is 796. The van der Waals surface area contributed by atoms with Gasteiger partial charge in [0.1, 0.15) is 0 Å². The van der Waals surface area contributed by atoms with Crippen molar-refractivity contribution in [2.45, 2.75) is 40.0 Å². The second-order valence-electron chi connectivity index (χ2n) is 7.43. The van der Waals surface area contributed by atoms with Gasteiger partial charge in [-0.1, -0.05) is 37.6 Å². The molecule has 0 bridgehead atoms. The first-order valence-corrected chi connectivity index (χ1v) is 9.74. The second-order valence-corrected chi connectivity index (χ2v) is 7.43. The summed E-state index contributed by atoms with van der Waals surface area (Å²) in [6, 6.07) is 15.9. The number of nitrogens with zero attached hydrogens (tertiary/aromatic N) is 2. The van der Waals surface area contributed by atoms with Crippen molar-refractivity contribution in [1.82, 2.24) is 0 Å². The lowest BCUT2D eigenvalue weighted by Gasteiger charge is -2.26. The first-order chi connectivity index (χ1) is 13.0. The molecule has 0 aromatic heterocycles. The van der Waals surface area contributed by atoms with Gasteiger partial charge in [-0.2, -0.15) is 0 Å². The summed E-state index contributed by atoms with van der Waals surface area (Å²) in [7, 11) is 0. The molecule has 0 saturated carbocycles. The van der Waals surface area contributed by atoms with E-state index in [-0.39, 0.29) is 24.2 Å². The molecule has 1 fully saturated rings. The zero-order chi connectivity index (χ0) is 19.4. The molecular weight excluding hydrogens is 336 g/mol. The summed E-state index contributed by atoms with van der Waals surface area (Å²) in [5.41, 5.74) is 4.06. The van der Waals surface area contributed by atoms with Gasteiger partial charge in [0.25, 0.3) is 0 Å². The molecule has 27 heavy (non-hydrogen) atoms. The van der Waals surface area contributed by atoms with E-state index in [4.69, 9.17) is 0 Å². The third-order valence-electron chi connectivity index (χ3n) is 5.06. The van der Waals surface area contributed by atoms with Crippen LogP contribution in [0.4, 0.5) is 11.4 Å². The fourth-order valence-corrected chi connectivity index (χ4v) is 3.74. The molecule has 1 atom stereocenters. The Balaban J connectivity index is 1.80. The van der Waals surface area contributed by atoms with Gasteiger partial charge in [-0.25, -0.2) is 0 Å². The molecule has 1 saturated heterocycles. The van der Waals surface area contributed by atoms with Crippen molar-refractivity contribution in [1.29, 1.82) is 0 Å². The van der Waals surface area contributed by atoms with Gasteiger partial charge in [0.05, 0.1) is 5.92 Å². The van der Waals surface area contributed by atoms with Crippen molar-refractivity contribution in [2.24, 2.45) is 5.92 Å². The van der Waals surface area contributed by atoms with Gasteiger partial charge in [0.2, 0.25) is 11.8 Å². The van der Waals surface area contributed by atoms with Crippen LogP contribution >= 0.6 is 0 Å². The number of hydrogen-bond donors (Lipinski definition) is 0. The van der Waals surface area contributed by atoms with Crippen LogP contribution in [0.1, 0.15) is 37.3 Å². The molecule has 0 N–H and O–H groups in total. The summed E-state index contributed by atoms with van der Waals surface area (Å²) in [5.74, 6) is -0.216. The Morgan fingerprint density at radius 3 is 2.41 bits per heavy atom. The van der Waals surface area contributed by atoms with E-state index in [0.717, 1.165) is 35.3 Å². The average molecular weight is 364 g/mol. The van der Waals surface area contributed by atoms with Crippen molar-refractivity contribution >= 4 is 23.2 Å². The topological polar surface area (TPSA) is 40.6 Å². The van der Waals surface area contributed by atoms with E-state index in [0.29, 0.717) is 13.1 Å². The molecule has 3 rings (SSSR count). The predicted octanol–water partition coefficient (Wildman–Crippen LogP) is 4.49. The third kappa shape index (κ3) is 4.38. The zero-order valence-electron chi connectivity index (χ0n) is 16.4. The lowest BCUT2D eigenvalue weighted by Crippen LogP contribution is -2.38. The van der Waals surface area contributed by atoms with E-state index >= 15 is 0 Å². The number of rotatable bonds is 6. The lowest BCUT2D eigenvalue weighted by molar-refractivity contribution is -0.124. The highest BCUT2D eigenvalue weighted by Gasteiger charge is 2.37. The van der Waals surface area contributed by atoms with Crippen LogP contribution in [0.2, 0.25) is 0 Å². The first kappa shape index (κ1) is 19.2. The maximum absolute atomic E-state index is 13.3. The van der Waals surface area contributed by atoms with Crippen LogP contribution in [0.15, 0.2) is 48.5 Å². The molecule has 2 amide bonds. The zero-order valence-corrected chi connectivity index (χ0v) is 16.4. The summed E-state index contributed by atoms with van der Waals surface area (Å²) < 4.78 is 0. The number of amides is 2. The van der Waals surface area contributed by atoms with Gasteiger partial charge in [0, 0.05) is 30.9 Å². The van der Waals surface area contributed by atoms with Crippen LogP contribution in [0, 0.1) is 19.8 Å². The number of hydrogen-bond acceptors (Lipinski definition) is 2. The van der Waals surface area contributed by atoms with Crippen LogP contribution in [0.5, 0.6) is 0 Å². The molecule has 0 aliphatic carbocycles. The number of carbonyl (C=O) groups is 2. The van der Waals surface area contributed by atoms with Gasteiger partial charge in [-0.3, -0.25) is 9.59 Å². The first-order valence-electron chi connectivity index (χ1n) is 9.74. The molecule has 1 unspecified atom stereocenters. The van der Waals surface area contributed by atoms with Gasteiger partial charge in [0.15, 0.2) is 0 Å². The molecule has 4 nitrogen and oxygen atoms in total. The molecule has 142 valence electrons. The number of unbranched alkanes of at least 4 members (excludes halogenated alkanes) is 1. The monoisotopic (exact) mass is 364 g/mol. The fourth-order valence-electron chi connectivity index (χ4n) is 3.74. The molecule has 1 aliphatic rings. The van der Waals surface area contributed by atoms with E-state index in [1.165, 1.54) is 0 Å². The van der Waals surface area contributed by atoms with Crippen LogP contribution in [-0.4, -0.2) is 24.9 Å². The molecular formula is C23H28N2O2. The SMILES string of the molecule is CCCCN(C(=O)C1CC(=O)N(c2cc(C)cc(C)c2)C1)c1ccccc1. The minimum Gasteiger partial charge on any atom is -0.312 e. The Labute approximate surface area is 161 Å². The van der Waals surface area contributed by atoms with Crippen molar-refractivity contribution in [3.05, 3.63) is 59.7 Å². The van der Waals surface area contributed by atoms with E-state index < -0.39 is 0 Å². The smallest absolute Gasteiger partial charge is 0.232 e. The van der Waals surface area contributed by atoms with Crippen LogP contribution in [0.3, 0.4) is 0 Å². The molecule has 0 spiro atoms. The molecule has 2 aromatic carbocycles. The van der Waals surface area contributed by atoms with E-state index in [1.807, 2.05) is 61.2 Å². The highest BCUT2D eigenvalue weighted by Crippen LogP contribution is 2.29. The van der Waals surface area contributed by atoms with Crippen molar-refractivity contribution in [3.8, 4) is 0 Å². The normalized spacial score (nSPS) is 16.6. The van der Waals surface area contributed by atoms with Crippen LogP contribution < -0.4 is 9.80 Å². The number of benzene rings is 2. The lowest BCUT2D eigenvalue weighted by atomic mass is 10.1. The van der Waals surface area contributed by atoms with E-state index in [9.17, 15) is 9.59 Å². The summed E-state index contributed by atoms with van der Waals surface area (Å²) >= 11 is 0. The Hall–Kier alpha value is -2.62. The van der Waals surface area contributed by atoms with E-state index in [2.05, 4.69) is 13.0 Å². The van der Waals surface area contributed by atoms with Crippen molar-refractivity contribution < 1.29 is 9.59 Å². The minimum absolute atomic E-state index is 0.0295. The second kappa shape index (κ2) is 8.38. The fraction of sp³-hybridized carbons (Fsp3) is 0.391. The molecule has 0 radical (unpaired) electrons. The van der Waals surface area contributed by atoms with Gasteiger partial charge in [-0.05, 0) is 55.7 Å². The molecule has 2 aromatic rings. The number of aryl methyl sites for hydroxylation is 2. The maximum Gasteiger partial charge on any atom is 0.232 e. The van der Waals surface area contributed by atoms with E-state index in [1.54, 1.807) is 4.90 Å². The quantitative estimate of drug-likeness (QED) is 0.758. The third-order valence-corrected chi connectivity index (χ3v) is 5.06. The van der Waals surface area contributed by atoms with Gasteiger partial charge >= 0.3 is 0 Å². The summed E-state index contributed by atoms with van der Waals surface area (Å²) in [5, 5.41) is 0. The summed E-state index contributed by atoms with van der Waals surface area (Å²) in [6.07, 6.45) is 2.25. The standard InChI is InChI=1S/C23H28N2O2/c1-4-5-11-24(20-9-7-6-8-10-20)23(27)19-15-22(26)25(16-19)21-13-17(2)12-18(3)14-21/h6-10,12-14,19H,4-5,11,15-16H2,1-3H3.